The van der Waals surface area contributed by atoms with Crippen molar-refractivity contribution in [3.8, 4) is 0 Å². The third-order valence-electron chi connectivity index (χ3n) is 9.27. The summed E-state index contributed by atoms with van der Waals surface area (Å²) >= 11 is 0. The van der Waals surface area contributed by atoms with Crippen LogP contribution in [-0.4, -0.2) is 232 Å². The first-order valence-electron chi connectivity index (χ1n) is 16.4. The van der Waals surface area contributed by atoms with Crippen LogP contribution in [-0.2, 0) is 60.7 Å². The van der Waals surface area contributed by atoms with E-state index in [9.17, 15) is 50.5 Å². The summed E-state index contributed by atoms with van der Waals surface area (Å²) < 4.78 is 183. The van der Waals surface area contributed by atoms with E-state index in [0.29, 0.717) is 78.5 Å². The van der Waals surface area contributed by atoms with Crippen LogP contribution >= 0.6 is 0 Å². The van der Waals surface area contributed by atoms with E-state index in [4.69, 9.17) is 27.3 Å². The first kappa shape index (κ1) is 51.2. The van der Waals surface area contributed by atoms with Crippen molar-refractivity contribution in [2.24, 2.45) is 0 Å². The van der Waals surface area contributed by atoms with Gasteiger partial charge in [-0.1, -0.05) is 0 Å². The van der Waals surface area contributed by atoms with E-state index in [0.717, 1.165) is 0 Å². The second-order valence-electron chi connectivity index (χ2n) is 12.9. The quantitative estimate of drug-likeness (QED) is 0.0922. The molecule has 0 aromatic heterocycles. The summed E-state index contributed by atoms with van der Waals surface area (Å²) in [5, 5.41) is -4.05. The van der Waals surface area contributed by atoms with Crippen molar-refractivity contribution < 1.29 is 77.8 Å². The van der Waals surface area contributed by atoms with E-state index in [-0.39, 0.29) is 24.6 Å². The van der Waals surface area contributed by atoms with Crippen LogP contribution in [0.25, 0.3) is 0 Å². The highest BCUT2D eigenvalue weighted by molar-refractivity contribution is 7.87. The van der Waals surface area contributed by atoms with Gasteiger partial charge in [0.2, 0.25) is 0 Å². The lowest BCUT2D eigenvalue weighted by Gasteiger charge is -2.38. The summed E-state index contributed by atoms with van der Waals surface area (Å²) in [5.41, 5.74) is 0. The zero-order valence-electron chi connectivity index (χ0n) is 30.3. The largest absolute Gasteiger partial charge is 0.300 e. The Morgan fingerprint density at radius 2 is 0.519 bits per heavy atom. The Kier molecular flexibility index (Phi) is 19.7. The monoisotopic (exact) mass is 906 g/mol. The first-order chi connectivity index (χ1) is 24.2. The molecule has 0 bridgehead atoms. The van der Waals surface area contributed by atoms with Crippen molar-refractivity contribution in [2.45, 2.75) is 49.2 Å². The van der Waals surface area contributed by atoms with Gasteiger partial charge in [-0.15, -0.1) is 0 Å². The molecular weight excluding hydrogens is 853 g/mol. The van der Waals surface area contributed by atoms with Crippen molar-refractivity contribution >= 4 is 60.7 Å². The SMILES string of the molecule is CC(N1CCN(C(C)S(=O)(=O)O)CC1)S(=O)(=O)O.CC(N1CCN(C(C)S(=O)(=O)O)CC1)S(=O)(=O)O.O=S(=O)(O)CCN1CCN(CCS(=O)(=O)O)CC1. The van der Waals surface area contributed by atoms with Gasteiger partial charge < -0.3 is 0 Å². The summed E-state index contributed by atoms with van der Waals surface area (Å²) in [4.78, 5) is 9.95. The molecule has 3 heterocycles. The lowest BCUT2D eigenvalue weighted by Crippen LogP contribution is -2.54. The molecule has 30 heteroatoms. The van der Waals surface area contributed by atoms with Crippen LogP contribution in [0.2, 0.25) is 0 Å². The Bertz CT molecular complexity index is 1610. The van der Waals surface area contributed by atoms with Crippen LogP contribution < -0.4 is 0 Å². The van der Waals surface area contributed by atoms with Crippen molar-refractivity contribution in [1.29, 1.82) is 0 Å². The Hall–Kier alpha value is -0.780. The van der Waals surface area contributed by atoms with E-state index in [1.165, 1.54) is 27.7 Å². The predicted molar refractivity (Wildman–Crippen MR) is 196 cm³/mol. The van der Waals surface area contributed by atoms with E-state index in [1.54, 1.807) is 19.6 Å². The third kappa shape index (κ3) is 19.6. The minimum absolute atomic E-state index is 0.269. The smallest absolute Gasteiger partial charge is 0.280 e. The molecule has 4 atom stereocenters. The van der Waals surface area contributed by atoms with Crippen molar-refractivity contribution in [3.63, 3.8) is 0 Å². The molecule has 324 valence electrons. The molecule has 54 heavy (non-hydrogen) atoms. The van der Waals surface area contributed by atoms with Gasteiger partial charge in [-0.2, -0.15) is 50.5 Å². The van der Waals surface area contributed by atoms with Gasteiger partial charge in [-0.3, -0.25) is 56.7 Å². The van der Waals surface area contributed by atoms with Gasteiger partial charge in [0.1, 0.15) is 21.5 Å². The number of piperazine rings is 3. The highest BCUT2D eigenvalue weighted by Gasteiger charge is 2.34. The fraction of sp³-hybridized carbons (Fsp3) is 1.00. The molecule has 0 radical (unpaired) electrons. The molecule has 0 aromatic carbocycles. The van der Waals surface area contributed by atoms with Gasteiger partial charge >= 0.3 is 0 Å². The molecule has 24 nitrogen and oxygen atoms in total. The van der Waals surface area contributed by atoms with Crippen LogP contribution in [0.4, 0.5) is 0 Å². The van der Waals surface area contributed by atoms with E-state index in [1.807, 2.05) is 9.80 Å². The van der Waals surface area contributed by atoms with Gasteiger partial charge in [-0.25, -0.2) is 0 Å². The van der Waals surface area contributed by atoms with Gasteiger partial charge in [0.15, 0.2) is 0 Å². The molecule has 3 saturated heterocycles. The summed E-state index contributed by atoms with van der Waals surface area (Å²) in [7, 11) is -24.4. The number of hydrogen-bond acceptors (Lipinski definition) is 18. The van der Waals surface area contributed by atoms with Crippen LogP contribution in [0.5, 0.6) is 0 Å². The molecule has 4 unspecified atom stereocenters. The predicted octanol–water partition coefficient (Wildman–Crippen LogP) is -3.48. The minimum atomic E-state index is -4.13. The highest BCUT2D eigenvalue weighted by Crippen LogP contribution is 2.16. The second-order valence-corrected chi connectivity index (χ2v) is 22.8. The Balaban J connectivity index is 0.000000405. The minimum Gasteiger partial charge on any atom is -0.300 e. The lowest BCUT2D eigenvalue weighted by atomic mass is 10.3. The standard InChI is InChI=1S/3C8H18N2O6S2/c2*1-7(17(11,12)13)9-3-5-10(6-4-9)8(2)18(14,15)16;11-17(12,13)7-5-9-1-2-10(4-3-9)6-8-18(14,15)16/h2*7-8H,3-6H2,1-2H3,(H,11,12,13)(H,14,15,16);1-8H2,(H,11,12,13)(H,14,15,16). The first-order valence-corrected chi connectivity index (χ1v) is 25.6. The molecule has 3 aliphatic rings. The van der Waals surface area contributed by atoms with E-state index >= 15 is 0 Å². The van der Waals surface area contributed by atoms with Crippen molar-refractivity contribution in [3.05, 3.63) is 0 Å². The van der Waals surface area contributed by atoms with Crippen LogP contribution in [0.1, 0.15) is 27.7 Å². The number of nitrogens with zero attached hydrogens (tertiary/aromatic N) is 6. The highest BCUT2D eigenvalue weighted by atomic mass is 32.2. The number of rotatable bonds is 14. The summed E-state index contributed by atoms with van der Waals surface area (Å²) in [6, 6.07) is 0. The number of hydrogen-bond donors (Lipinski definition) is 6. The Labute approximate surface area is 318 Å². The maximum absolute atomic E-state index is 11.0. The maximum Gasteiger partial charge on any atom is 0.280 e. The van der Waals surface area contributed by atoms with E-state index in [2.05, 4.69) is 0 Å². The Morgan fingerprint density at radius 3 is 0.648 bits per heavy atom. The molecule has 0 aromatic rings. The van der Waals surface area contributed by atoms with Crippen LogP contribution in [0, 0.1) is 0 Å². The fourth-order valence-corrected chi connectivity index (χ4v) is 8.74. The second kappa shape index (κ2) is 20.8. The molecule has 6 N–H and O–H groups in total. The Morgan fingerprint density at radius 1 is 0.352 bits per heavy atom. The molecule has 0 saturated carbocycles. The third-order valence-corrected chi connectivity index (χ3v) is 15.3. The van der Waals surface area contributed by atoms with Gasteiger partial charge in [0, 0.05) is 91.6 Å². The van der Waals surface area contributed by atoms with Crippen LogP contribution in [0.3, 0.4) is 0 Å². The summed E-state index contributed by atoms with van der Waals surface area (Å²) in [5.74, 6) is -0.587. The van der Waals surface area contributed by atoms with E-state index < -0.39 is 82.2 Å². The van der Waals surface area contributed by atoms with Gasteiger partial charge in [0.25, 0.3) is 60.7 Å². The van der Waals surface area contributed by atoms with Gasteiger partial charge in [-0.05, 0) is 27.7 Å². The van der Waals surface area contributed by atoms with Gasteiger partial charge in [0.05, 0.1) is 11.5 Å². The topological polar surface area (TPSA) is 346 Å². The molecular formula is C24H54N6O18S6. The fourth-order valence-electron chi connectivity index (χ4n) is 5.41. The van der Waals surface area contributed by atoms with Crippen molar-refractivity contribution in [2.75, 3.05) is 103 Å². The zero-order chi connectivity index (χ0) is 42.1. The molecule has 3 aliphatic heterocycles. The summed E-state index contributed by atoms with van der Waals surface area (Å²) in [6.07, 6.45) is 0. The molecule has 0 aliphatic carbocycles. The average Bonchev–Trinajstić information content (AvgIpc) is 3.04. The average molecular weight is 907 g/mol. The molecule has 0 spiro atoms. The normalized spacial score (nSPS) is 22.6. The molecule has 3 fully saturated rings. The zero-order valence-corrected chi connectivity index (χ0v) is 35.2. The van der Waals surface area contributed by atoms with Crippen molar-refractivity contribution in [1.82, 2.24) is 29.4 Å². The molecule has 3 rings (SSSR count). The summed E-state index contributed by atoms with van der Waals surface area (Å²) in [6.45, 7) is 10.9. The van der Waals surface area contributed by atoms with Crippen LogP contribution in [0.15, 0.2) is 0 Å². The lowest BCUT2D eigenvalue weighted by molar-refractivity contribution is 0.114. The maximum atomic E-state index is 11.0. The molecule has 0 amide bonds.